The third kappa shape index (κ3) is 4.94. The summed E-state index contributed by atoms with van der Waals surface area (Å²) in [7, 11) is -4.00. The van der Waals surface area contributed by atoms with Crippen LogP contribution in [0.3, 0.4) is 0 Å². The SMILES string of the molecule is CCCCOCCS(=O)(=O)c1cc(Cl)cc(C(=O)O)c1F. The zero-order valence-corrected chi connectivity index (χ0v) is 13.0. The Hall–Kier alpha value is -1.18. The van der Waals surface area contributed by atoms with E-state index in [0.717, 1.165) is 25.0 Å². The van der Waals surface area contributed by atoms with Gasteiger partial charge in [-0.15, -0.1) is 0 Å². The van der Waals surface area contributed by atoms with Gasteiger partial charge in [0.15, 0.2) is 15.7 Å². The lowest BCUT2D eigenvalue weighted by Crippen LogP contribution is -2.16. The Morgan fingerprint density at radius 3 is 2.62 bits per heavy atom. The summed E-state index contributed by atoms with van der Waals surface area (Å²) in [5.74, 6) is -3.32. The van der Waals surface area contributed by atoms with Crippen molar-refractivity contribution in [3.05, 3.63) is 28.5 Å². The molecule has 5 nitrogen and oxygen atoms in total. The van der Waals surface area contributed by atoms with E-state index in [4.69, 9.17) is 21.4 Å². The topological polar surface area (TPSA) is 80.7 Å². The van der Waals surface area contributed by atoms with Crippen LogP contribution in [0.5, 0.6) is 0 Å². The molecule has 8 heteroatoms. The summed E-state index contributed by atoms with van der Waals surface area (Å²) in [4.78, 5) is 10.2. The number of carbonyl (C=O) groups is 1. The number of rotatable bonds is 8. The summed E-state index contributed by atoms with van der Waals surface area (Å²) in [6, 6.07) is 1.78. The van der Waals surface area contributed by atoms with Gasteiger partial charge in [-0.05, 0) is 18.6 Å². The molecule has 0 unspecified atom stereocenters. The van der Waals surface area contributed by atoms with Crippen molar-refractivity contribution in [2.45, 2.75) is 24.7 Å². The monoisotopic (exact) mass is 338 g/mol. The van der Waals surface area contributed by atoms with E-state index in [0.29, 0.717) is 6.61 Å². The predicted molar refractivity (Wildman–Crippen MR) is 76.1 cm³/mol. The van der Waals surface area contributed by atoms with Crippen molar-refractivity contribution in [2.24, 2.45) is 0 Å². The number of carboxylic acid groups (broad SMARTS) is 1. The van der Waals surface area contributed by atoms with Gasteiger partial charge in [-0.2, -0.15) is 0 Å². The standard InChI is InChI=1S/C13H16ClFO5S/c1-2-3-4-20-5-6-21(18,19)11-8-9(14)7-10(12(11)15)13(16)17/h7-8H,2-6H2,1H3,(H,16,17). The minimum atomic E-state index is -4.00. The van der Waals surface area contributed by atoms with E-state index in [1.807, 2.05) is 6.92 Å². The van der Waals surface area contributed by atoms with Crippen LogP contribution in [0.15, 0.2) is 17.0 Å². The Bertz CT molecular complexity index is 615. The molecule has 21 heavy (non-hydrogen) atoms. The average molecular weight is 339 g/mol. The molecular formula is C13H16ClFO5S. The van der Waals surface area contributed by atoms with Gasteiger partial charge in [-0.1, -0.05) is 24.9 Å². The maximum atomic E-state index is 14.0. The number of unbranched alkanes of at least 4 members (excludes halogenated alkanes) is 1. The number of ether oxygens (including phenoxy) is 1. The highest BCUT2D eigenvalue weighted by Gasteiger charge is 2.25. The van der Waals surface area contributed by atoms with Crippen LogP contribution in [0.25, 0.3) is 0 Å². The second kappa shape index (κ2) is 7.72. The molecular weight excluding hydrogens is 323 g/mol. The number of hydrogen-bond donors (Lipinski definition) is 1. The first-order valence-electron chi connectivity index (χ1n) is 6.32. The number of halogens is 2. The van der Waals surface area contributed by atoms with Gasteiger partial charge < -0.3 is 9.84 Å². The second-order valence-electron chi connectivity index (χ2n) is 4.36. The van der Waals surface area contributed by atoms with E-state index in [9.17, 15) is 17.6 Å². The molecule has 0 aliphatic heterocycles. The fourth-order valence-corrected chi connectivity index (χ4v) is 3.10. The molecule has 0 bridgehead atoms. The van der Waals surface area contributed by atoms with Gasteiger partial charge in [-0.25, -0.2) is 17.6 Å². The number of hydrogen-bond acceptors (Lipinski definition) is 4. The van der Waals surface area contributed by atoms with Gasteiger partial charge in [0.05, 0.1) is 17.9 Å². The van der Waals surface area contributed by atoms with Crippen molar-refractivity contribution in [1.82, 2.24) is 0 Å². The van der Waals surface area contributed by atoms with E-state index in [1.54, 1.807) is 0 Å². The van der Waals surface area contributed by atoms with Gasteiger partial charge in [0, 0.05) is 11.6 Å². The summed E-state index contributed by atoms with van der Waals surface area (Å²) in [6.07, 6.45) is 1.71. The van der Waals surface area contributed by atoms with Crippen molar-refractivity contribution >= 4 is 27.4 Å². The molecule has 0 atom stereocenters. The van der Waals surface area contributed by atoms with Gasteiger partial charge in [0.25, 0.3) is 0 Å². The molecule has 1 N–H and O–H groups in total. The number of carboxylic acids is 1. The lowest BCUT2D eigenvalue weighted by atomic mass is 10.2. The van der Waals surface area contributed by atoms with Crippen LogP contribution >= 0.6 is 11.6 Å². The van der Waals surface area contributed by atoms with Crippen LogP contribution in [-0.4, -0.2) is 38.5 Å². The smallest absolute Gasteiger partial charge is 0.338 e. The Labute approximate surface area is 127 Å². The van der Waals surface area contributed by atoms with Crippen molar-refractivity contribution in [2.75, 3.05) is 19.0 Å². The maximum Gasteiger partial charge on any atom is 0.338 e. The zero-order chi connectivity index (χ0) is 16.0. The van der Waals surface area contributed by atoms with Crippen LogP contribution in [0, 0.1) is 5.82 Å². The molecule has 1 aromatic carbocycles. The first kappa shape index (κ1) is 17.9. The van der Waals surface area contributed by atoms with Crippen LogP contribution in [0.2, 0.25) is 5.02 Å². The normalized spacial score (nSPS) is 11.6. The van der Waals surface area contributed by atoms with Crippen molar-refractivity contribution in [3.63, 3.8) is 0 Å². The second-order valence-corrected chi connectivity index (χ2v) is 6.87. The summed E-state index contributed by atoms with van der Waals surface area (Å²) >= 11 is 5.65. The highest BCUT2D eigenvalue weighted by molar-refractivity contribution is 7.91. The zero-order valence-electron chi connectivity index (χ0n) is 11.4. The lowest BCUT2D eigenvalue weighted by Gasteiger charge is -2.09. The van der Waals surface area contributed by atoms with Crippen LogP contribution < -0.4 is 0 Å². The van der Waals surface area contributed by atoms with Crippen molar-refractivity contribution in [3.8, 4) is 0 Å². The largest absolute Gasteiger partial charge is 0.478 e. The van der Waals surface area contributed by atoms with Gasteiger partial charge in [-0.3, -0.25) is 0 Å². The number of benzene rings is 1. The molecule has 0 amide bonds. The highest BCUT2D eigenvalue weighted by atomic mass is 35.5. The van der Waals surface area contributed by atoms with Crippen molar-refractivity contribution < 1.29 is 27.4 Å². The molecule has 0 aliphatic carbocycles. The quantitative estimate of drug-likeness (QED) is 0.737. The molecule has 0 saturated heterocycles. The van der Waals surface area contributed by atoms with E-state index in [-0.39, 0.29) is 11.6 Å². The Balaban J connectivity index is 2.95. The number of aromatic carboxylic acids is 1. The first-order valence-corrected chi connectivity index (χ1v) is 8.35. The fraction of sp³-hybridized carbons (Fsp3) is 0.462. The van der Waals surface area contributed by atoms with Gasteiger partial charge >= 0.3 is 5.97 Å². The van der Waals surface area contributed by atoms with E-state index < -0.39 is 37.8 Å². The van der Waals surface area contributed by atoms with E-state index in [1.165, 1.54) is 0 Å². The Kier molecular flexibility index (Phi) is 6.57. The summed E-state index contributed by atoms with van der Waals surface area (Å²) < 4.78 is 43.2. The third-order valence-corrected chi connectivity index (χ3v) is 4.60. The van der Waals surface area contributed by atoms with Crippen molar-refractivity contribution in [1.29, 1.82) is 0 Å². The lowest BCUT2D eigenvalue weighted by molar-refractivity contribution is 0.0691. The Morgan fingerprint density at radius 2 is 2.05 bits per heavy atom. The molecule has 0 fully saturated rings. The first-order chi connectivity index (χ1) is 9.79. The van der Waals surface area contributed by atoms with E-state index in [2.05, 4.69) is 0 Å². The third-order valence-electron chi connectivity index (χ3n) is 2.71. The van der Waals surface area contributed by atoms with Crippen LogP contribution in [0.4, 0.5) is 4.39 Å². The molecule has 0 spiro atoms. The fourth-order valence-electron chi connectivity index (χ4n) is 1.57. The predicted octanol–water partition coefficient (Wildman–Crippen LogP) is 2.77. The Morgan fingerprint density at radius 1 is 1.38 bits per heavy atom. The van der Waals surface area contributed by atoms with Crippen LogP contribution in [-0.2, 0) is 14.6 Å². The molecule has 118 valence electrons. The summed E-state index contributed by atoms with van der Waals surface area (Å²) in [6.45, 7) is 2.30. The average Bonchev–Trinajstić information content (AvgIpc) is 2.40. The highest BCUT2D eigenvalue weighted by Crippen LogP contribution is 2.24. The number of sulfone groups is 1. The molecule has 0 aliphatic rings. The summed E-state index contributed by atoms with van der Waals surface area (Å²) in [5.41, 5.74) is -0.770. The van der Waals surface area contributed by atoms with Gasteiger partial charge in [0.1, 0.15) is 4.90 Å². The molecule has 1 aromatic rings. The minimum absolute atomic E-state index is 0.0866. The molecule has 0 radical (unpaired) electrons. The van der Waals surface area contributed by atoms with E-state index >= 15 is 0 Å². The van der Waals surface area contributed by atoms with Crippen LogP contribution in [0.1, 0.15) is 30.1 Å². The molecule has 0 aromatic heterocycles. The maximum absolute atomic E-state index is 14.0. The summed E-state index contributed by atoms with van der Waals surface area (Å²) in [5, 5.41) is 8.68. The minimum Gasteiger partial charge on any atom is -0.478 e. The van der Waals surface area contributed by atoms with Gasteiger partial charge in [0.2, 0.25) is 0 Å². The molecule has 1 rings (SSSR count). The molecule has 0 heterocycles. The molecule has 0 saturated carbocycles.